The lowest BCUT2D eigenvalue weighted by Gasteiger charge is -2.20. The molecule has 0 aliphatic rings. The molecule has 1 aromatic heterocycles. The van der Waals surface area contributed by atoms with Gasteiger partial charge in [-0.15, -0.1) is 0 Å². The van der Waals surface area contributed by atoms with Crippen molar-refractivity contribution in [2.75, 3.05) is 6.54 Å². The lowest BCUT2D eigenvalue weighted by molar-refractivity contribution is -0.139. The highest BCUT2D eigenvalue weighted by molar-refractivity contribution is 5.96. The number of aromatic nitrogens is 1. The number of halogens is 3. The van der Waals surface area contributed by atoms with Crippen LogP contribution in [0.3, 0.4) is 0 Å². The van der Waals surface area contributed by atoms with E-state index >= 15 is 0 Å². The molecule has 0 saturated carbocycles. The van der Waals surface area contributed by atoms with E-state index in [0.717, 1.165) is 16.7 Å². The van der Waals surface area contributed by atoms with E-state index in [-0.39, 0.29) is 24.9 Å². The number of carbonyl (C=O) groups excluding carboxylic acids is 2. The summed E-state index contributed by atoms with van der Waals surface area (Å²) in [5.41, 5.74) is -3.05. The van der Waals surface area contributed by atoms with Gasteiger partial charge >= 0.3 is 18.2 Å². The Balaban J connectivity index is 2.08. The molecular weight excluding hydrogens is 483 g/mol. The van der Waals surface area contributed by atoms with Crippen molar-refractivity contribution in [3.05, 3.63) is 69.6 Å². The molecule has 9 nitrogen and oxygen atoms in total. The summed E-state index contributed by atoms with van der Waals surface area (Å²) in [6, 6.07) is 5.87. The molecule has 36 heavy (non-hydrogen) atoms. The molecular formula is C24H28F3N3O6. The largest absolute Gasteiger partial charge is 0.480 e. The average molecular weight is 511 g/mol. The molecule has 0 aliphatic carbocycles. The highest BCUT2D eigenvalue weighted by atomic mass is 19.4. The quantitative estimate of drug-likeness (QED) is 0.443. The molecule has 0 spiro atoms. The van der Waals surface area contributed by atoms with Crippen LogP contribution in [0.1, 0.15) is 55.1 Å². The minimum Gasteiger partial charge on any atom is -0.480 e. The number of aliphatic carboxylic acids is 1. The third-order valence-corrected chi connectivity index (χ3v) is 4.87. The van der Waals surface area contributed by atoms with Crippen molar-refractivity contribution in [1.82, 2.24) is 15.2 Å². The van der Waals surface area contributed by atoms with Gasteiger partial charge in [-0.3, -0.25) is 9.59 Å². The van der Waals surface area contributed by atoms with Crippen LogP contribution in [-0.4, -0.2) is 45.8 Å². The Bertz CT molecular complexity index is 1150. The zero-order chi connectivity index (χ0) is 27.1. The number of pyridine rings is 1. The first kappa shape index (κ1) is 28.4. The molecule has 0 fully saturated rings. The summed E-state index contributed by atoms with van der Waals surface area (Å²) in [6.45, 7) is 4.72. The molecule has 1 atom stereocenters. The Kier molecular flexibility index (Phi) is 9.26. The third-order valence-electron chi connectivity index (χ3n) is 4.87. The van der Waals surface area contributed by atoms with Crippen LogP contribution in [0.5, 0.6) is 0 Å². The van der Waals surface area contributed by atoms with Crippen molar-refractivity contribution in [1.29, 1.82) is 0 Å². The van der Waals surface area contributed by atoms with Crippen LogP contribution in [0.25, 0.3) is 0 Å². The molecule has 196 valence electrons. The van der Waals surface area contributed by atoms with E-state index in [1.54, 1.807) is 20.8 Å². The highest BCUT2D eigenvalue weighted by Gasteiger charge is 2.33. The first-order chi connectivity index (χ1) is 16.7. The SMILES string of the molecule is CC(C)(C)OC(=O)NCCC[C@H](NC(=O)c1cccn(Cc2ccccc2C(F)(F)F)c1=O)C(=O)O. The molecule has 0 saturated heterocycles. The summed E-state index contributed by atoms with van der Waals surface area (Å²) in [5, 5.41) is 14.2. The van der Waals surface area contributed by atoms with Gasteiger partial charge in [-0.2, -0.15) is 13.2 Å². The summed E-state index contributed by atoms with van der Waals surface area (Å²) < 4.78 is 45.9. The summed E-state index contributed by atoms with van der Waals surface area (Å²) in [4.78, 5) is 48.7. The second-order valence-electron chi connectivity index (χ2n) is 8.95. The highest BCUT2D eigenvalue weighted by Crippen LogP contribution is 2.32. The average Bonchev–Trinajstić information content (AvgIpc) is 2.75. The lowest BCUT2D eigenvalue weighted by atomic mass is 10.1. The van der Waals surface area contributed by atoms with Gasteiger partial charge in [-0.1, -0.05) is 18.2 Å². The van der Waals surface area contributed by atoms with Gasteiger partial charge in [0.2, 0.25) is 0 Å². The lowest BCUT2D eigenvalue weighted by Crippen LogP contribution is -2.43. The van der Waals surface area contributed by atoms with E-state index in [0.29, 0.717) is 0 Å². The second kappa shape index (κ2) is 11.7. The van der Waals surface area contributed by atoms with Gasteiger partial charge in [0.15, 0.2) is 0 Å². The molecule has 2 amide bonds. The molecule has 3 N–H and O–H groups in total. The fourth-order valence-electron chi connectivity index (χ4n) is 3.26. The van der Waals surface area contributed by atoms with Crippen molar-refractivity contribution in [2.24, 2.45) is 0 Å². The van der Waals surface area contributed by atoms with Crippen LogP contribution in [-0.2, 0) is 22.3 Å². The number of carbonyl (C=O) groups is 3. The van der Waals surface area contributed by atoms with Gasteiger partial charge in [0.1, 0.15) is 17.2 Å². The maximum absolute atomic E-state index is 13.3. The molecule has 12 heteroatoms. The van der Waals surface area contributed by atoms with Crippen LogP contribution >= 0.6 is 0 Å². The number of carboxylic acid groups (broad SMARTS) is 1. The minimum absolute atomic E-state index is 0.0587. The normalized spacial score (nSPS) is 12.5. The minimum atomic E-state index is -4.62. The van der Waals surface area contributed by atoms with Gasteiger partial charge in [-0.05, 0) is 57.4 Å². The number of alkyl carbamates (subject to hydrolysis) is 1. The Morgan fingerprint density at radius 3 is 2.36 bits per heavy atom. The Hall–Kier alpha value is -3.83. The molecule has 1 heterocycles. The van der Waals surface area contributed by atoms with Crippen LogP contribution in [0.15, 0.2) is 47.4 Å². The monoisotopic (exact) mass is 511 g/mol. The maximum atomic E-state index is 13.3. The first-order valence-corrected chi connectivity index (χ1v) is 11.0. The number of benzene rings is 1. The van der Waals surface area contributed by atoms with E-state index in [4.69, 9.17) is 4.74 Å². The Morgan fingerprint density at radius 1 is 1.08 bits per heavy atom. The predicted octanol–water partition coefficient (Wildman–Crippen LogP) is 3.40. The molecule has 2 rings (SSSR count). The van der Waals surface area contributed by atoms with E-state index < -0.39 is 59.0 Å². The van der Waals surface area contributed by atoms with Crippen LogP contribution in [0.2, 0.25) is 0 Å². The number of rotatable bonds is 9. The fraction of sp³-hybridized carbons (Fsp3) is 0.417. The van der Waals surface area contributed by atoms with Crippen molar-refractivity contribution >= 4 is 18.0 Å². The molecule has 2 aromatic rings. The summed E-state index contributed by atoms with van der Waals surface area (Å²) in [6.07, 6.45) is -3.93. The first-order valence-electron chi connectivity index (χ1n) is 11.0. The van der Waals surface area contributed by atoms with E-state index in [9.17, 15) is 37.5 Å². The number of nitrogens with one attached hydrogen (secondary N) is 2. The van der Waals surface area contributed by atoms with Crippen LogP contribution in [0.4, 0.5) is 18.0 Å². The molecule has 0 aliphatic heterocycles. The van der Waals surface area contributed by atoms with E-state index in [2.05, 4.69) is 10.6 Å². The number of ether oxygens (including phenoxy) is 1. The Morgan fingerprint density at radius 2 is 1.75 bits per heavy atom. The fourth-order valence-corrected chi connectivity index (χ4v) is 3.26. The number of hydrogen-bond acceptors (Lipinski definition) is 5. The van der Waals surface area contributed by atoms with Crippen LogP contribution in [0, 0.1) is 0 Å². The molecule has 1 aromatic carbocycles. The number of amides is 2. The zero-order valence-electron chi connectivity index (χ0n) is 20.0. The predicted molar refractivity (Wildman–Crippen MR) is 124 cm³/mol. The standard InChI is InChI=1S/C24H28F3N3O6/c1-23(2,3)36-22(35)28-12-6-11-18(21(33)34)29-19(31)16-9-7-13-30(20(16)32)14-15-8-4-5-10-17(15)24(25,26)27/h4-5,7-10,13,18H,6,11-12,14H2,1-3H3,(H,28,35)(H,29,31)(H,33,34)/t18-/m0/s1. The number of alkyl halides is 3. The van der Waals surface area contributed by atoms with Gasteiger partial charge in [-0.25, -0.2) is 9.59 Å². The second-order valence-corrected chi connectivity index (χ2v) is 8.95. The molecule has 0 bridgehead atoms. The van der Waals surface area contributed by atoms with Gasteiger partial charge in [0.25, 0.3) is 11.5 Å². The smallest absolute Gasteiger partial charge is 0.416 e. The zero-order valence-corrected chi connectivity index (χ0v) is 20.0. The van der Waals surface area contributed by atoms with Crippen molar-refractivity contribution in [2.45, 2.75) is 58.0 Å². The van der Waals surface area contributed by atoms with Crippen molar-refractivity contribution in [3.63, 3.8) is 0 Å². The number of nitrogens with zero attached hydrogens (tertiary/aromatic N) is 1. The number of hydrogen-bond donors (Lipinski definition) is 3. The van der Waals surface area contributed by atoms with Gasteiger partial charge in [0, 0.05) is 12.7 Å². The summed E-state index contributed by atoms with van der Waals surface area (Å²) >= 11 is 0. The van der Waals surface area contributed by atoms with E-state index in [1.807, 2.05) is 0 Å². The number of carboxylic acids is 1. The maximum Gasteiger partial charge on any atom is 0.416 e. The van der Waals surface area contributed by atoms with Crippen molar-refractivity contribution in [3.8, 4) is 0 Å². The summed E-state index contributed by atoms with van der Waals surface area (Å²) in [7, 11) is 0. The molecule has 0 radical (unpaired) electrons. The van der Waals surface area contributed by atoms with Crippen LogP contribution < -0.4 is 16.2 Å². The summed E-state index contributed by atoms with van der Waals surface area (Å²) in [5.74, 6) is -2.33. The van der Waals surface area contributed by atoms with E-state index in [1.165, 1.54) is 30.5 Å². The van der Waals surface area contributed by atoms with Gasteiger partial charge < -0.3 is 25.0 Å². The molecule has 0 unspecified atom stereocenters. The third kappa shape index (κ3) is 8.43. The van der Waals surface area contributed by atoms with Crippen molar-refractivity contribution < 1.29 is 37.4 Å². The Labute approximate surface area is 205 Å². The van der Waals surface area contributed by atoms with Gasteiger partial charge in [0.05, 0.1) is 12.1 Å². The topological polar surface area (TPSA) is 127 Å².